The maximum absolute atomic E-state index is 5.78. The molecule has 1 aliphatic rings. The molecule has 0 bridgehead atoms. The van der Waals surface area contributed by atoms with Crippen LogP contribution in [0.4, 0.5) is 5.82 Å². The second-order valence-corrected chi connectivity index (χ2v) is 5.34. The summed E-state index contributed by atoms with van der Waals surface area (Å²) in [7, 11) is 0. The van der Waals surface area contributed by atoms with Crippen LogP contribution in [0.15, 0.2) is 12.4 Å². The lowest BCUT2D eigenvalue weighted by Gasteiger charge is -2.34. The Hall–Kier alpha value is -0.830. The molecule has 3 nitrogen and oxygen atoms in total. The van der Waals surface area contributed by atoms with E-state index >= 15 is 0 Å². The van der Waals surface area contributed by atoms with Gasteiger partial charge in [0.25, 0.3) is 0 Å². The van der Waals surface area contributed by atoms with Gasteiger partial charge in [0.15, 0.2) is 0 Å². The van der Waals surface area contributed by atoms with Gasteiger partial charge in [-0.25, -0.2) is 4.98 Å². The molecular weight excluding hydrogens is 234 g/mol. The van der Waals surface area contributed by atoms with Crippen LogP contribution in [0.3, 0.4) is 0 Å². The highest BCUT2D eigenvalue weighted by molar-refractivity contribution is 6.16. The van der Waals surface area contributed by atoms with E-state index in [0.717, 1.165) is 36.4 Å². The van der Waals surface area contributed by atoms with Gasteiger partial charge in [0.2, 0.25) is 0 Å². The van der Waals surface area contributed by atoms with E-state index in [0.29, 0.717) is 5.88 Å². The lowest BCUT2D eigenvalue weighted by Crippen LogP contribution is -2.35. The Balaban J connectivity index is 2.00. The van der Waals surface area contributed by atoms with Gasteiger partial charge in [0, 0.05) is 19.3 Å². The number of aromatic nitrogens is 2. The Morgan fingerprint density at radius 1 is 1.35 bits per heavy atom. The number of rotatable bonds is 3. The third-order valence-electron chi connectivity index (χ3n) is 3.62. The lowest BCUT2D eigenvalue weighted by atomic mass is 9.87. The normalized spacial score (nSPS) is 17.8. The summed E-state index contributed by atoms with van der Waals surface area (Å²) in [5, 5.41) is 0. The summed E-state index contributed by atoms with van der Waals surface area (Å²) in [5.74, 6) is 3.06. The average Bonchev–Trinajstić information content (AvgIpc) is 2.39. The van der Waals surface area contributed by atoms with Crippen LogP contribution in [-0.2, 0) is 5.88 Å². The molecule has 1 saturated heterocycles. The number of alkyl halides is 1. The standard InChI is InChI=1S/C13H20ClN3/c1-10(2)11-3-5-17(6-4-11)13-9-15-8-12(7-14)16-13/h8-11H,3-7H2,1-2H3. The summed E-state index contributed by atoms with van der Waals surface area (Å²) in [6, 6.07) is 0. The SMILES string of the molecule is CC(C)C1CCN(c2cncc(CCl)n2)CC1. The smallest absolute Gasteiger partial charge is 0.147 e. The van der Waals surface area contributed by atoms with Gasteiger partial charge in [0.05, 0.1) is 17.8 Å². The van der Waals surface area contributed by atoms with Gasteiger partial charge in [-0.15, -0.1) is 11.6 Å². The molecule has 0 amide bonds. The van der Waals surface area contributed by atoms with Crippen LogP contribution in [-0.4, -0.2) is 23.1 Å². The third-order valence-corrected chi connectivity index (χ3v) is 3.89. The van der Waals surface area contributed by atoms with Crippen molar-refractivity contribution in [2.75, 3.05) is 18.0 Å². The Morgan fingerprint density at radius 2 is 2.06 bits per heavy atom. The van der Waals surface area contributed by atoms with Crippen LogP contribution in [0.2, 0.25) is 0 Å². The van der Waals surface area contributed by atoms with Crippen LogP contribution in [0.1, 0.15) is 32.4 Å². The largest absolute Gasteiger partial charge is 0.355 e. The van der Waals surface area contributed by atoms with E-state index in [4.69, 9.17) is 11.6 Å². The molecule has 2 rings (SSSR count). The molecule has 0 atom stereocenters. The minimum atomic E-state index is 0.434. The molecule has 0 spiro atoms. The number of nitrogens with zero attached hydrogens (tertiary/aromatic N) is 3. The van der Waals surface area contributed by atoms with Crippen molar-refractivity contribution in [3.8, 4) is 0 Å². The summed E-state index contributed by atoms with van der Waals surface area (Å²) in [5.41, 5.74) is 0.857. The lowest BCUT2D eigenvalue weighted by molar-refractivity contribution is 0.310. The van der Waals surface area contributed by atoms with Crippen molar-refractivity contribution in [3.63, 3.8) is 0 Å². The van der Waals surface area contributed by atoms with E-state index in [1.54, 1.807) is 6.20 Å². The van der Waals surface area contributed by atoms with Gasteiger partial charge in [-0.3, -0.25) is 4.98 Å². The summed E-state index contributed by atoms with van der Waals surface area (Å²) < 4.78 is 0. The zero-order valence-electron chi connectivity index (χ0n) is 10.6. The number of hydrogen-bond acceptors (Lipinski definition) is 3. The molecule has 0 saturated carbocycles. The van der Waals surface area contributed by atoms with E-state index in [2.05, 4.69) is 28.7 Å². The Morgan fingerprint density at radius 3 is 2.65 bits per heavy atom. The van der Waals surface area contributed by atoms with Gasteiger partial charge in [-0.05, 0) is 24.7 Å². The zero-order valence-corrected chi connectivity index (χ0v) is 11.3. The van der Waals surface area contributed by atoms with Crippen LogP contribution in [0.5, 0.6) is 0 Å². The summed E-state index contributed by atoms with van der Waals surface area (Å²) in [4.78, 5) is 11.0. The van der Waals surface area contributed by atoms with E-state index in [1.165, 1.54) is 12.8 Å². The average molecular weight is 254 g/mol. The van der Waals surface area contributed by atoms with Crippen molar-refractivity contribution in [2.45, 2.75) is 32.6 Å². The predicted molar refractivity (Wildman–Crippen MR) is 71.4 cm³/mol. The van der Waals surface area contributed by atoms with Gasteiger partial charge < -0.3 is 4.90 Å². The van der Waals surface area contributed by atoms with Crippen molar-refractivity contribution in [3.05, 3.63) is 18.1 Å². The molecule has 1 aromatic heterocycles. The fraction of sp³-hybridized carbons (Fsp3) is 0.692. The molecule has 4 heteroatoms. The van der Waals surface area contributed by atoms with Gasteiger partial charge >= 0.3 is 0 Å². The first-order valence-corrected chi connectivity index (χ1v) is 6.86. The molecule has 1 aromatic rings. The molecular formula is C13H20ClN3. The maximum atomic E-state index is 5.78. The third kappa shape index (κ3) is 3.09. The van der Waals surface area contributed by atoms with Gasteiger partial charge in [0.1, 0.15) is 5.82 Å². The van der Waals surface area contributed by atoms with Gasteiger partial charge in [-0.1, -0.05) is 13.8 Å². The second-order valence-electron chi connectivity index (χ2n) is 5.07. The minimum Gasteiger partial charge on any atom is -0.355 e. The summed E-state index contributed by atoms with van der Waals surface area (Å²) in [6.07, 6.45) is 6.08. The topological polar surface area (TPSA) is 29.0 Å². The molecule has 0 aromatic carbocycles. The summed E-state index contributed by atoms with van der Waals surface area (Å²) >= 11 is 5.78. The summed E-state index contributed by atoms with van der Waals surface area (Å²) in [6.45, 7) is 6.80. The Kier molecular flexibility index (Phi) is 4.21. The molecule has 17 heavy (non-hydrogen) atoms. The number of anilines is 1. The molecule has 0 unspecified atom stereocenters. The molecule has 1 fully saturated rings. The van der Waals surface area contributed by atoms with Crippen molar-refractivity contribution in [2.24, 2.45) is 11.8 Å². The maximum Gasteiger partial charge on any atom is 0.147 e. The molecule has 0 aliphatic carbocycles. The van der Waals surface area contributed by atoms with Crippen molar-refractivity contribution >= 4 is 17.4 Å². The predicted octanol–water partition coefficient (Wildman–Crippen LogP) is 3.09. The van der Waals surface area contributed by atoms with E-state index in [9.17, 15) is 0 Å². The zero-order chi connectivity index (χ0) is 12.3. The highest BCUT2D eigenvalue weighted by Gasteiger charge is 2.22. The van der Waals surface area contributed by atoms with E-state index < -0.39 is 0 Å². The minimum absolute atomic E-state index is 0.434. The first kappa shape index (κ1) is 12.6. The number of hydrogen-bond donors (Lipinski definition) is 0. The second kappa shape index (κ2) is 5.67. The fourth-order valence-electron chi connectivity index (χ4n) is 2.41. The first-order valence-electron chi connectivity index (χ1n) is 6.32. The van der Waals surface area contributed by atoms with Crippen LogP contribution in [0.25, 0.3) is 0 Å². The quantitative estimate of drug-likeness (QED) is 0.776. The van der Waals surface area contributed by atoms with Crippen LogP contribution < -0.4 is 4.90 Å². The Labute approximate surface area is 108 Å². The molecule has 94 valence electrons. The highest BCUT2D eigenvalue weighted by atomic mass is 35.5. The number of halogens is 1. The number of piperidine rings is 1. The Bertz CT molecular complexity index is 359. The van der Waals surface area contributed by atoms with Crippen molar-refractivity contribution in [1.82, 2.24) is 9.97 Å². The monoisotopic (exact) mass is 253 g/mol. The first-order chi connectivity index (χ1) is 8.20. The van der Waals surface area contributed by atoms with E-state index in [1.807, 2.05) is 6.20 Å². The van der Waals surface area contributed by atoms with Crippen LogP contribution in [0, 0.1) is 11.8 Å². The molecule has 0 N–H and O–H groups in total. The van der Waals surface area contributed by atoms with Crippen molar-refractivity contribution in [1.29, 1.82) is 0 Å². The molecule has 2 heterocycles. The molecule has 0 radical (unpaired) electrons. The molecule has 1 aliphatic heterocycles. The van der Waals surface area contributed by atoms with E-state index in [-0.39, 0.29) is 0 Å². The van der Waals surface area contributed by atoms with Crippen molar-refractivity contribution < 1.29 is 0 Å². The van der Waals surface area contributed by atoms with Gasteiger partial charge in [-0.2, -0.15) is 0 Å². The highest BCUT2D eigenvalue weighted by Crippen LogP contribution is 2.26. The van der Waals surface area contributed by atoms with Crippen LogP contribution >= 0.6 is 11.6 Å². The fourth-order valence-corrected chi connectivity index (χ4v) is 2.54.